The van der Waals surface area contributed by atoms with Crippen molar-refractivity contribution in [3.05, 3.63) is 39.9 Å². The molecular weight excluding hydrogens is 312 g/mol. The van der Waals surface area contributed by atoms with Gasteiger partial charge in [-0.3, -0.25) is 9.59 Å². The fourth-order valence-corrected chi connectivity index (χ4v) is 2.47. The summed E-state index contributed by atoms with van der Waals surface area (Å²) in [5.41, 5.74) is 6.72. The van der Waals surface area contributed by atoms with Gasteiger partial charge < -0.3 is 15.4 Å². The molecule has 1 heterocycles. The smallest absolute Gasteiger partial charge is 0.258 e. The molecule has 1 aromatic carbocycles. The number of amides is 2. The second kappa shape index (κ2) is 5.05. The Hall–Kier alpha value is -1.82. The van der Waals surface area contributed by atoms with Gasteiger partial charge in [-0.1, -0.05) is 22.5 Å². The van der Waals surface area contributed by atoms with E-state index in [9.17, 15) is 9.59 Å². The van der Waals surface area contributed by atoms with Gasteiger partial charge in [-0.2, -0.15) is 0 Å². The first-order valence-electron chi connectivity index (χ1n) is 5.58. The molecule has 6 heteroatoms. The second-order valence-corrected chi connectivity index (χ2v) is 5.09. The normalized spacial score (nSPS) is 13.4. The van der Waals surface area contributed by atoms with Crippen molar-refractivity contribution in [2.24, 2.45) is 5.73 Å². The fourth-order valence-electron chi connectivity index (χ4n) is 2.02. The van der Waals surface area contributed by atoms with Gasteiger partial charge in [-0.05, 0) is 12.1 Å². The molecule has 0 aliphatic carbocycles. The second-order valence-electron chi connectivity index (χ2n) is 4.23. The third-order valence-corrected chi connectivity index (χ3v) is 3.76. The van der Waals surface area contributed by atoms with E-state index in [-0.39, 0.29) is 18.0 Å². The van der Waals surface area contributed by atoms with Crippen LogP contribution in [0.1, 0.15) is 15.9 Å². The minimum Gasteiger partial charge on any atom is -0.496 e. The highest BCUT2D eigenvalue weighted by molar-refractivity contribution is 9.10. The largest absolute Gasteiger partial charge is 0.496 e. The SMILES string of the molecule is C=C(CN1Cc2c(Br)ccc(OC)c2C1=O)C(N)=O. The van der Waals surface area contributed by atoms with Crippen molar-refractivity contribution >= 4 is 27.7 Å². The number of benzene rings is 1. The molecule has 0 saturated carbocycles. The van der Waals surface area contributed by atoms with Crippen molar-refractivity contribution in [3.63, 3.8) is 0 Å². The van der Waals surface area contributed by atoms with Gasteiger partial charge in [0.05, 0.1) is 19.2 Å². The zero-order valence-electron chi connectivity index (χ0n) is 10.4. The summed E-state index contributed by atoms with van der Waals surface area (Å²) in [5, 5.41) is 0. The number of rotatable bonds is 4. The maximum absolute atomic E-state index is 12.3. The molecule has 0 unspecified atom stereocenters. The summed E-state index contributed by atoms with van der Waals surface area (Å²) in [4.78, 5) is 24.8. The van der Waals surface area contributed by atoms with Crippen molar-refractivity contribution in [2.45, 2.75) is 6.54 Å². The summed E-state index contributed by atoms with van der Waals surface area (Å²) in [5.74, 6) is -0.263. The van der Waals surface area contributed by atoms with Gasteiger partial charge in [-0.25, -0.2) is 0 Å². The molecule has 2 N–H and O–H groups in total. The molecule has 2 amide bonds. The number of methoxy groups -OCH3 is 1. The Bertz CT molecular complexity index is 583. The Labute approximate surface area is 119 Å². The quantitative estimate of drug-likeness (QED) is 0.852. The zero-order chi connectivity index (χ0) is 14.2. The molecule has 0 saturated heterocycles. The molecule has 0 spiro atoms. The Balaban J connectivity index is 2.34. The van der Waals surface area contributed by atoms with Crippen LogP contribution in [0.3, 0.4) is 0 Å². The van der Waals surface area contributed by atoms with Crippen LogP contribution in [-0.2, 0) is 11.3 Å². The number of halogens is 1. The standard InChI is InChI=1S/C13H13BrN2O3/c1-7(12(15)17)5-16-6-8-9(14)3-4-10(19-2)11(8)13(16)18/h3-4H,1,5-6H2,2H3,(H2,15,17). The Kier molecular flexibility index (Phi) is 3.61. The molecule has 0 aromatic heterocycles. The summed E-state index contributed by atoms with van der Waals surface area (Å²) in [7, 11) is 1.52. The molecule has 5 nitrogen and oxygen atoms in total. The summed E-state index contributed by atoms with van der Waals surface area (Å²) < 4.78 is 6.04. The maximum atomic E-state index is 12.3. The molecule has 1 aliphatic heterocycles. The molecular formula is C13H13BrN2O3. The van der Waals surface area contributed by atoms with E-state index in [1.807, 2.05) is 6.07 Å². The number of primary amides is 1. The summed E-state index contributed by atoms with van der Waals surface area (Å²) in [6.07, 6.45) is 0. The number of ether oxygens (including phenoxy) is 1. The molecule has 0 bridgehead atoms. The van der Waals surface area contributed by atoms with E-state index in [2.05, 4.69) is 22.5 Å². The number of nitrogens with zero attached hydrogens (tertiary/aromatic N) is 1. The van der Waals surface area contributed by atoms with Crippen molar-refractivity contribution in [1.29, 1.82) is 0 Å². The van der Waals surface area contributed by atoms with Crippen molar-refractivity contribution in [3.8, 4) is 5.75 Å². The van der Waals surface area contributed by atoms with Crippen LogP contribution < -0.4 is 10.5 Å². The topological polar surface area (TPSA) is 72.6 Å². The van der Waals surface area contributed by atoms with E-state index < -0.39 is 5.91 Å². The molecule has 1 aliphatic rings. The third-order valence-electron chi connectivity index (χ3n) is 3.02. The highest BCUT2D eigenvalue weighted by Gasteiger charge is 2.32. The Morgan fingerprint density at radius 2 is 2.26 bits per heavy atom. The van der Waals surface area contributed by atoms with E-state index in [4.69, 9.17) is 10.5 Å². The van der Waals surface area contributed by atoms with Gasteiger partial charge in [0, 0.05) is 22.2 Å². The van der Waals surface area contributed by atoms with Gasteiger partial charge >= 0.3 is 0 Å². The van der Waals surface area contributed by atoms with E-state index in [1.165, 1.54) is 12.0 Å². The first-order valence-corrected chi connectivity index (χ1v) is 6.37. The molecule has 19 heavy (non-hydrogen) atoms. The number of fused-ring (bicyclic) bond motifs is 1. The molecule has 100 valence electrons. The average molecular weight is 325 g/mol. The number of carbonyl (C=O) groups excluding carboxylic acids is 2. The van der Waals surface area contributed by atoms with Gasteiger partial charge in [0.1, 0.15) is 5.75 Å². The van der Waals surface area contributed by atoms with Crippen LogP contribution in [0.15, 0.2) is 28.8 Å². The van der Waals surface area contributed by atoms with E-state index in [1.54, 1.807) is 6.07 Å². The first kappa shape index (κ1) is 13.6. The van der Waals surface area contributed by atoms with Crippen molar-refractivity contribution in [2.75, 3.05) is 13.7 Å². The number of nitrogens with two attached hydrogens (primary N) is 1. The molecule has 0 atom stereocenters. The number of carbonyl (C=O) groups is 2. The summed E-state index contributed by atoms with van der Waals surface area (Å²) in [6, 6.07) is 3.56. The maximum Gasteiger partial charge on any atom is 0.258 e. The number of hydrogen-bond acceptors (Lipinski definition) is 3. The highest BCUT2D eigenvalue weighted by atomic mass is 79.9. The van der Waals surface area contributed by atoms with Gasteiger partial charge in [-0.15, -0.1) is 0 Å². The van der Waals surface area contributed by atoms with E-state index >= 15 is 0 Å². The summed E-state index contributed by atoms with van der Waals surface area (Å²) >= 11 is 3.41. The highest BCUT2D eigenvalue weighted by Crippen LogP contribution is 2.36. The van der Waals surface area contributed by atoms with Crippen LogP contribution in [0.5, 0.6) is 5.75 Å². The Morgan fingerprint density at radius 3 is 2.84 bits per heavy atom. The lowest BCUT2D eigenvalue weighted by molar-refractivity contribution is -0.114. The number of hydrogen-bond donors (Lipinski definition) is 1. The third kappa shape index (κ3) is 2.35. The molecule has 2 rings (SSSR count). The lowest BCUT2D eigenvalue weighted by atomic mass is 10.1. The predicted molar refractivity (Wildman–Crippen MR) is 73.8 cm³/mol. The molecule has 1 aromatic rings. The van der Waals surface area contributed by atoms with Crippen LogP contribution in [0, 0.1) is 0 Å². The van der Waals surface area contributed by atoms with Crippen LogP contribution in [-0.4, -0.2) is 30.4 Å². The molecule has 0 fully saturated rings. The average Bonchev–Trinajstić information content (AvgIpc) is 2.69. The molecule has 0 radical (unpaired) electrons. The van der Waals surface area contributed by atoms with E-state index in [0.717, 1.165) is 10.0 Å². The van der Waals surface area contributed by atoms with Gasteiger partial charge in [0.15, 0.2) is 0 Å². The minimum absolute atomic E-state index is 0.123. The lowest BCUT2D eigenvalue weighted by Gasteiger charge is -2.15. The minimum atomic E-state index is -0.602. The fraction of sp³-hybridized carbons (Fsp3) is 0.231. The van der Waals surface area contributed by atoms with E-state index in [0.29, 0.717) is 17.9 Å². The van der Waals surface area contributed by atoms with Crippen LogP contribution in [0.4, 0.5) is 0 Å². The first-order chi connectivity index (χ1) is 8.95. The van der Waals surface area contributed by atoms with Gasteiger partial charge in [0.2, 0.25) is 5.91 Å². The lowest BCUT2D eigenvalue weighted by Crippen LogP contribution is -2.30. The van der Waals surface area contributed by atoms with Crippen molar-refractivity contribution < 1.29 is 14.3 Å². The monoisotopic (exact) mass is 324 g/mol. The van der Waals surface area contributed by atoms with Crippen molar-refractivity contribution in [1.82, 2.24) is 4.90 Å². The zero-order valence-corrected chi connectivity index (χ0v) is 12.0. The summed E-state index contributed by atoms with van der Waals surface area (Å²) in [6.45, 7) is 4.09. The van der Waals surface area contributed by atoms with Crippen LogP contribution in [0.2, 0.25) is 0 Å². The Morgan fingerprint density at radius 1 is 1.58 bits per heavy atom. The van der Waals surface area contributed by atoms with Gasteiger partial charge in [0.25, 0.3) is 5.91 Å². The van der Waals surface area contributed by atoms with Crippen LogP contribution >= 0.6 is 15.9 Å². The predicted octanol–water partition coefficient (Wildman–Crippen LogP) is 1.45. The van der Waals surface area contributed by atoms with Crippen LogP contribution in [0.25, 0.3) is 0 Å².